The first-order valence-electron chi connectivity index (χ1n) is 6.72. The summed E-state index contributed by atoms with van der Waals surface area (Å²) in [5.74, 6) is 0.841. The number of anilines is 1. The van der Waals surface area contributed by atoms with Crippen LogP contribution in [-0.4, -0.2) is 23.4 Å². The van der Waals surface area contributed by atoms with E-state index >= 15 is 0 Å². The van der Waals surface area contributed by atoms with Gasteiger partial charge in [0.1, 0.15) is 0 Å². The second-order valence-electron chi connectivity index (χ2n) is 5.37. The van der Waals surface area contributed by atoms with Gasteiger partial charge in [0.15, 0.2) is 0 Å². The van der Waals surface area contributed by atoms with Crippen molar-refractivity contribution in [1.29, 1.82) is 0 Å². The SMILES string of the molecule is C[C@@H]1CCCN(C(=O)Cc2ccc(N)cc2)[C@H]1C. The summed E-state index contributed by atoms with van der Waals surface area (Å²) in [6.07, 6.45) is 2.84. The number of nitrogens with zero attached hydrogens (tertiary/aromatic N) is 1. The molecule has 0 saturated carbocycles. The number of amides is 1. The first-order valence-corrected chi connectivity index (χ1v) is 6.72. The van der Waals surface area contributed by atoms with Crippen LogP contribution < -0.4 is 5.73 Å². The molecule has 1 aromatic rings. The summed E-state index contributed by atoms with van der Waals surface area (Å²) in [5, 5.41) is 0. The molecule has 0 spiro atoms. The third-order valence-electron chi connectivity index (χ3n) is 4.03. The van der Waals surface area contributed by atoms with Gasteiger partial charge < -0.3 is 10.6 Å². The largest absolute Gasteiger partial charge is 0.399 e. The van der Waals surface area contributed by atoms with Crippen molar-refractivity contribution in [2.45, 2.75) is 39.2 Å². The van der Waals surface area contributed by atoms with Crippen molar-refractivity contribution >= 4 is 11.6 Å². The van der Waals surface area contributed by atoms with Gasteiger partial charge in [0.25, 0.3) is 0 Å². The molecule has 1 heterocycles. The lowest BCUT2D eigenvalue weighted by molar-refractivity contribution is -0.135. The second-order valence-corrected chi connectivity index (χ2v) is 5.37. The molecule has 0 unspecified atom stereocenters. The van der Waals surface area contributed by atoms with Crippen molar-refractivity contribution in [1.82, 2.24) is 4.90 Å². The van der Waals surface area contributed by atoms with Crippen LogP contribution in [0.1, 0.15) is 32.3 Å². The van der Waals surface area contributed by atoms with Crippen LogP contribution >= 0.6 is 0 Å². The van der Waals surface area contributed by atoms with Gasteiger partial charge in [-0.05, 0) is 43.4 Å². The van der Waals surface area contributed by atoms with Crippen LogP contribution in [0.25, 0.3) is 0 Å². The number of carbonyl (C=O) groups excluding carboxylic acids is 1. The predicted octanol–water partition coefficient (Wildman–Crippen LogP) is 2.46. The lowest BCUT2D eigenvalue weighted by Crippen LogP contribution is -2.46. The molecule has 3 heteroatoms. The fourth-order valence-electron chi connectivity index (χ4n) is 2.60. The van der Waals surface area contributed by atoms with Crippen LogP contribution in [0, 0.1) is 5.92 Å². The van der Waals surface area contributed by atoms with E-state index in [-0.39, 0.29) is 5.91 Å². The first kappa shape index (κ1) is 12.9. The van der Waals surface area contributed by atoms with E-state index in [2.05, 4.69) is 13.8 Å². The summed E-state index contributed by atoms with van der Waals surface area (Å²) in [5.41, 5.74) is 7.43. The van der Waals surface area contributed by atoms with E-state index in [1.807, 2.05) is 29.2 Å². The highest BCUT2D eigenvalue weighted by molar-refractivity contribution is 5.79. The van der Waals surface area contributed by atoms with E-state index in [4.69, 9.17) is 5.73 Å². The van der Waals surface area contributed by atoms with Crippen molar-refractivity contribution in [2.24, 2.45) is 5.92 Å². The maximum Gasteiger partial charge on any atom is 0.227 e. The second kappa shape index (κ2) is 5.42. The number of hydrogen-bond donors (Lipinski definition) is 1. The van der Waals surface area contributed by atoms with Gasteiger partial charge in [-0.2, -0.15) is 0 Å². The zero-order chi connectivity index (χ0) is 13.1. The lowest BCUT2D eigenvalue weighted by Gasteiger charge is -2.38. The highest BCUT2D eigenvalue weighted by Gasteiger charge is 2.27. The number of nitrogens with two attached hydrogens (primary N) is 1. The van der Waals surface area contributed by atoms with Gasteiger partial charge in [-0.25, -0.2) is 0 Å². The highest BCUT2D eigenvalue weighted by Crippen LogP contribution is 2.23. The summed E-state index contributed by atoms with van der Waals surface area (Å²) in [7, 11) is 0. The number of piperidine rings is 1. The van der Waals surface area contributed by atoms with E-state index in [9.17, 15) is 4.79 Å². The number of hydrogen-bond acceptors (Lipinski definition) is 2. The molecule has 1 aromatic carbocycles. The third-order valence-corrected chi connectivity index (χ3v) is 4.03. The minimum atomic E-state index is 0.235. The molecular formula is C15H22N2O. The van der Waals surface area contributed by atoms with Gasteiger partial charge in [-0.3, -0.25) is 4.79 Å². The monoisotopic (exact) mass is 246 g/mol. The average molecular weight is 246 g/mol. The van der Waals surface area contributed by atoms with Crippen molar-refractivity contribution in [3.8, 4) is 0 Å². The van der Waals surface area contributed by atoms with Gasteiger partial charge >= 0.3 is 0 Å². The molecule has 0 aliphatic carbocycles. The smallest absolute Gasteiger partial charge is 0.227 e. The molecule has 0 radical (unpaired) electrons. The first-order chi connectivity index (χ1) is 8.58. The summed E-state index contributed by atoms with van der Waals surface area (Å²) in [4.78, 5) is 14.3. The molecular weight excluding hydrogens is 224 g/mol. The Morgan fingerprint density at radius 1 is 1.33 bits per heavy atom. The normalized spacial score (nSPS) is 24.0. The van der Waals surface area contributed by atoms with Crippen molar-refractivity contribution in [2.75, 3.05) is 12.3 Å². The summed E-state index contributed by atoms with van der Waals surface area (Å²) in [6, 6.07) is 7.94. The van der Waals surface area contributed by atoms with E-state index in [0.29, 0.717) is 18.4 Å². The summed E-state index contributed by atoms with van der Waals surface area (Å²) >= 11 is 0. The molecule has 98 valence electrons. The Bertz CT molecular complexity index is 413. The molecule has 3 nitrogen and oxygen atoms in total. The van der Waals surface area contributed by atoms with Crippen LogP contribution in [0.5, 0.6) is 0 Å². The fraction of sp³-hybridized carbons (Fsp3) is 0.533. The molecule has 1 fully saturated rings. The van der Waals surface area contributed by atoms with Crippen LogP contribution in [0.15, 0.2) is 24.3 Å². The molecule has 2 rings (SSSR count). The maximum absolute atomic E-state index is 12.3. The van der Waals surface area contributed by atoms with E-state index in [0.717, 1.165) is 24.2 Å². The Morgan fingerprint density at radius 2 is 2.00 bits per heavy atom. The zero-order valence-corrected chi connectivity index (χ0v) is 11.2. The molecule has 0 aromatic heterocycles. The standard InChI is InChI=1S/C15H22N2O/c1-11-4-3-9-17(12(11)2)15(18)10-13-5-7-14(16)8-6-13/h5-8,11-12H,3-4,9-10,16H2,1-2H3/t11-,12+/m1/s1. The third kappa shape index (κ3) is 2.84. The summed E-state index contributed by atoms with van der Waals surface area (Å²) in [6.45, 7) is 5.29. The number of carbonyl (C=O) groups is 1. The Hall–Kier alpha value is -1.51. The Labute approximate surface area is 109 Å². The molecule has 1 amide bonds. The van der Waals surface area contributed by atoms with Gasteiger partial charge in [0.05, 0.1) is 6.42 Å². The molecule has 2 N–H and O–H groups in total. The van der Waals surface area contributed by atoms with Crippen LogP contribution in [0.2, 0.25) is 0 Å². The Kier molecular flexibility index (Phi) is 3.90. The van der Waals surface area contributed by atoms with Gasteiger partial charge in [0, 0.05) is 18.3 Å². The van der Waals surface area contributed by atoms with E-state index in [1.165, 1.54) is 6.42 Å². The topological polar surface area (TPSA) is 46.3 Å². The average Bonchev–Trinajstić information content (AvgIpc) is 2.35. The zero-order valence-electron chi connectivity index (χ0n) is 11.2. The van der Waals surface area contributed by atoms with E-state index < -0.39 is 0 Å². The predicted molar refractivity (Wildman–Crippen MR) is 74.1 cm³/mol. The Morgan fingerprint density at radius 3 is 2.67 bits per heavy atom. The van der Waals surface area contributed by atoms with E-state index in [1.54, 1.807) is 0 Å². The Balaban J connectivity index is 2.01. The van der Waals surface area contributed by atoms with Gasteiger partial charge in [-0.15, -0.1) is 0 Å². The molecule has 1 saturated heterocycles. The van der Waals surface area contributed by atoms with Crippen LogP contribution in [0.4, 0.5) is 5.69 Å². The highest BCUT2D eigenvalue weighted by atomic mass is 16.2. The maximum atomic E-state index is 12.3. The number of nitrogen functional groups attached to an aromatic ring is 1. The minimum Gasteiger partial charge on any atom is -0.399 e. The number of rotatable bonds is 2. The molecule has 2 atom stereocenters. The van der Waals surface area contributed by atoms with Crippen molar-refractivity contribution in [3.63, 3.8) is 0 Å². The van der Waals surface area contributed by atoms with Crippen molar-refractivity contribution in [3.05, 3.63) is 29.8 Å². The van der Waals surface area contributed by atoms with Gasteiger partial charge in [-0.1, -0.05) is 19.1 Å². The van der Waals surface area contributed by atoms with Gasteiger partial charge in [0.2, 0.25) is 5.91 Å². The van der Waals surface area contributed by atoms with Crippen molar-refractivity contribution < 1.29 is 4.79 Å². The summed E-state index contributed by atoms with van der Waals surface area (Å²) < 4.78 is 0. The van der Waals surface area contributed by atoms with Crippen LogP contribution in [0.3, 0.4) is 0 Å². The van der Waals surface area contributed by atoms with Crippen LogP contribution in [-0.2, 0) is 11.2 Å². The number of benzene rings is 1. The number of likely N-dealkylation sites (tertiary alicyclic amines) is 1. The molecule has 0 bridgehead atoms. The molecule has 1 aliphatic heterocycles. The molecule has 1 aliphatic rings. The quantitative estimate of drug-likeness (QED) is 0.815. The minimum absolute atomic E-state index is 0.235. The fourth-order valence-corrected chi connectivity index (χ4v) is 2.60. The lowest BCUT2D eigenvalue weighted by atomic mass is 9.91. The molecule has 18 heavy (non-hydrogen) atoms.